The molecule has 1 aromatic rings. The number of thiophene rings is 1. The predicted octanol–water partition coefficient (Wildman–Crippen LogP) is 3.51. The first-order valence-corrected chi connectivity index (χ1v) is 7.99. The van der Waals surface area contributed by atoms with Gasteiger partial charge >= 0.3 is 0 Å². The Morgan fingerprint density at radius 2 is 2.17 bits per heavy atom. The highest BCUT2D eigenvalue weighted by atomic mass is 32.1. The summed E-state index contributed by atoms with van der Waals surface area (Å²) in [6.07, 6.45) is 4.59. The molecule has 18 heavy (non-hydrogen) atoms. The Kier molecular flexibility index (Phi) is 5.22. The van der Waals surface area contributed by atoms with Gasteiger partial charge in [0.2, 0.25) is 0 Å². The summed E-state index contributed by atoms with van der Waals surface area (Å²) in [5.74, 6) is 0.473. The Morgan fingerprint density at radius 1 is 1.39 bits per heavy atom. The van der Waals surface area contributed by atoms with Crippen molar-refractivity contribution in [1.82, 2.24) is 4.90 Å². The number of hydrogen-bond donors (Lipinski definition) is 1. The smallest absolute Gasteiger partial charge is 0.0580 e. The van der Waals surface area contributed by atoms with E-state index < -0.39 is 0 Å². The van der Waals surface area contributed by atoms with Gasteiger partial charge in [-0.1, -0.05) is 18.9 Å². The van der Waals surface area contributed by atoms with E-state index in [2.05, 4.69) is 36.3 Å². The first-order chi connectivity index (χ1) is 8.66. The van der Waals surface area contributed by atoms with Crippen molar-refractivity contribution in [2.24, 2.45) is 5.92 Å². The third kappa shape index (κ3) is 3.81. The van der Waals surface area contributed by atoms with Crippen LogP contribution < -0.4 is 0 Å². The highest BCUT2D eigenvalue weighted by Gasteiger charge is 2.26. The van der Waals surface area contributed by atoms with Crippen LogP contribution in [0.2, 0.25) is 0 Å². The summed E-state index contributed by atoms with van der Waals surface area (Å²) in [6.45, 7) is 6.57. The molecule has 3 heteroatoms. The van der Waals surface area contributed by atoms with Crippen LogP contribution in [-0.2, 0) is 6.54 Å². The van der Waals surface area contributed by atoms with E-state index in [4.69, 9.17) is 0 Å². The van der Waals surface area contributed by atoms with Gasteiger partial charge in [0.05, 0.1) is 6.10 Å². The van der Waals surface area contributed by atoms with Crippen molar-refractivity contribution in [2.75, 3.05) is 6.54 Å². The Labute approximate surface area is 115 Å². The molecule has 1 aromatic heterocycles. The molecule has 2 atom stereocenters. The van der Waals surface area contributed by atoms with Crippen LogP contribution in [0.1, 0.15) is 44.4 Å². The van der Waals surface area contributed by atoms with E-state index in [1.165, 1.54) is 24.1 Å². The van der Waals surface area contributed by atoms with Gasteiger partial charge in [-0.3, -0.25) is 4.90 Å². The molecule has 1 heterocycles. The van der Waals surface area contributed by atoms with Gasteiger partial charge in [0.1, 0.15) is 0 Å². The van der Waals surface area contributed by atoms with E-state index in [9.17, 15) is 5.11 Å². The quantitative estimate of drug-likeness (QED) is 0.882. The minimum atomic E-state index is -0.0802. The zero-order valence-electron chi connectivity index (χ0n) is 11.5. The molecule has 0 aromatic carbocycles. The molecule has 0 bridgehead atoms. The van der Waals surface area contributed by atoms with Crippen LogP contribution in [0.25, 0.3) is 0 Å². The normalized spacial score (nSPS) is 24.9. The molecule has 0 radical (unpaired) electrons. The van der Waals surface area contributed by atoms with Gasteiger partial charge in [0.15, 0.2) is 0 Å². The Balaban J connectivity index is 1.93. The van der Waals surface area contributed by atoms with Gasteiger partial charge in [0, 0.05) is 24.0 Å². The molecule has 2 unspecified atom stereocenters. The SMILES string of the molecule is CC(C)N(Cc1cccs1)CC1CCCCC1O. The van der Waals surface area contributed by atoms with Gasteiger partial charge in [-0.25, -0.2) is 0 Å². The van der Waals surface area contributed by atoms with E-state index >= 15 is 0 Å². The van der Waals surface area contributed by atoms with E-state index in [-0.39, 0.29) is 6.10 Å². The number of aliphatic hydroxyl groups excluding tert-OH is 1. The first-order valence-electron chi connectivity index (χ1n) is 7.11. The lowest BCUT2D eigenvalue weighted by Gasteiger charge is -2.34. The second kappa shape index (κ2) is 6.69. The predicted molar refractivity (Wildman–Crippen MR) is 77.8 cm³/mol. The summed E-state index contributed by atoms with van der Waals surface area (Å²) >= 11 is 1.83. The van der Waals surface area contributed by atoms with E-state index in [1.807, 2.05) is 11.3 Å². The zero-order valence-corrected chi connectivity index (χ0v) is 12.3. The number of aliphatic hydroxyl groups is 1. The lowest BCUT2D eigenvalue weighted by Crippen LogP contribution is -2.39. The number of rotatable bonds is 5. The Morgan fingerprint density at radius 3 is 2.78 bits per heavy atom. The average Bonchev–Trinajstić information content (AvgIpc) is 2.83. The topological polar surface area (TPSA) is 23.5 Å². The molecule has 1 aliphatic carbocycles. The van der Waals surface area contributed by atoms with Crippen molar-refractivity contribution < 1.29 is 5.11 Å². The molecule has 0 aliphatic heterocycles. The second-order valence-corrected chi connectivity index (χ2v) is 6.75. The molecule has 0 amide bonds. The number of hydrogen-bond acceptors (Lipinski definition) is 3. The minimum absolute atomic E-state index is 0.0802. The Bertz CT molecular complexity index is 336. The zero-order chi connectivity index (χ0) is 13.0. The van der Waals surface area contributed by atoms with Crippen LogP contribution in [-0.4, -0.2) is 28.7 Å². The molecule has 1 saturated carbocycles. The largest absolute Gasteiger partial charge is 0.393 e. The maximum absolute atomic E-state index is 10.1. The summed E-state index contributed by atoms with van der Waals surface area (Å²) < 4.78 is 0. The standard InChI is InChI=1S/C15H25NOS/c1-12(2)16(11-14-7-5-9-18-14)10-13-6-3-4-8-15(13)17/h5,7,9,12-13,15,17H,3-4,6,8,10-11H2,1-2H3. The van der Waals surface area contributed by atoms with Crippen LogP contribution >= 0.6 is 11.3 Å². The van der Waals surface area contributed by atoms with Crippen LogP contribution in [0, 0.1) is 5.92 Å². The summed E-state index contributed by atoms with van der Waals surface area (Å²) in [6, 6.07) is 4.87. The van der Waals surface area contributed by atoms with Crippen molar-refractivity contribution >= 4 is 11.3 Å². The second-order valence-electron chi connectivity index (χ2n) is 5.71. The van der Waals surface area contributed by atoms with E-state index in [0.29, 0.717) is 12.0 Å². The molecular formula is C15H25NOS. The third-order valence-electron chi connectivity index (χ3n) is 4.01. The molecule has 1 aliphatic rings. The highest BCUT2D eigenvalue weighted by molar-refractivity contribution is 7.09. The van der Waals surface area contributed by atoms with Crippen LogP contribution in [0.15, 0.2) is 17.5 Å². The molecule has 2 rings (SSSR count). The van der Waals surface area contributed by atoms with Crippen molar-refractivity contribution in [1.29, 1.82) is 0 Å². The monoisotopic (exact) mass is 267 g/mol. The highest BCUT2D eigenvalue weighted by Crippen LogP contribution is 2.26. The lowest BCUT2D eigenvalue weighted by molar-refractivity contribution is 0.0377. The van der Waals surface area contributed by atoms with Crippen LogP contribution in [0.3, 0.4) is 0 Å². The summed E-state index contributed by atoms with van der Waals surface area (Å²) in [4.78, 5) is 3.93. The summed E-state index contributed by atoms with van der Waals surface area (Å²) in [7, 11) is 0. The Hall–Kier alpha value is -0.380. The average molecular weight is 267 g/mol. The van der Waals surface area contributed by atoms with E-state index in [0.717, 1.165) is 19.5 Å². The first kappa shape index (κ1) is 14.0. The fourth-order valence-corrected chi connectivity index (χ4v) is 3.49. The van der Waals surface area contributed by atoms with Crippen molar-refractivity contribution in [3.63, 3.8) is 0 Å². The number of nitrogens with zero attached hydrogens (tertiary/aromatic N) is 1. The molecule has 1 fully saturated rings. The van der Waals surface area contributed by atoms with Gasteiger partial charge in [-0.15, -0.1) is 11.3 Å². The van der Waals surface area contributed by atoms with E-state index in [1.54, 1.807) is 0 Å². The van der Waals surface area contributed by atoms with Crippen molar-refractivity contribution in [2.45, 2.75) is 58.2 Å². The lowest BCUT2D eigenvalue weighted by atomic mass is 9.86. The maximum Gasteiger partial charge on any atom is 0.0580 e. The van der Waals surface area contributed by atoms with Gasteiger partial charge in [0.25, 0.3) is 0 Å². The third-order valence-corrected chi connectivity index (χ3v) is 4.87. The van der Waals surface area contributed by atoms with Gasteiger partial charge in [-0.05, 0) is 44.1 Å². The van der Waals surface area contributed by atoms with Crippen LogP contribution in [0.4, 0.5) is 0 Å². The van der Waals surface area contributed by atoms with Crippen molar-refractivity contribution in [3.05, 3.63) is 22.4 Å². The fraction of sp³-hybridized carbons (Fsp3) is 0.733. The fourth-order valence-electron chi connectivity index (χ4n) is 2.76. The molecule has 2 nitrogen and oxygen atoms in total. The van der Waals surface area contributed by atoms with Gasteiger partial charge in [-0.2, -0.15) is 0 Å². The van der Waals surface area contributed by atoms with Crippen molar-refractivity contribution in [3.8, 4) is 0 Å². The summed E-state index contributed by atoms with van der Waals surface area (Å²) in [5.41, 5.74) is 0. The minimum Gasteiger partial charge on any atom is -0.393 e. The molecule has 1 N–H and O–H groups in total. The van der Waals surface area contributed by atoms with Crippen LogP contribution in [0.5, 0.6) is 0 Å². The summed E-state index contributed by atoms with van der Waals surface area (Å²) in [5, 5.41) is 12.2. The molecular weight excluding hydrogens is 242 g/mol. The molecule has 0 spiro atoms. The van der Waals surface area contributed by atoms with Gasteiger partial charge < -0.3 is 5.11 Å². The molecule has 0 saturated heterocycles. The maximum atomic E-state index is 10.1. The molecule has 102 valence electrons.